The van der Waals surface area contributed by atoms with Crippen molar-refractivity contribution < 1.29 is 18.3 Å². The van der Waals surface area contributed by atoms with Gasteiger partial charge in [-0.15, -0.1) is 0 Å². The average Bonchev–Trinajstić information content (AvgIpc) is 3.38. The van der Waals surface area contributed by atoms with E-state index in [4.69, 9.17) is 10.1 Å². The summed E-state index contributed by atoms with van der Waals surface area (Å²) in [7, 11) is 1.78. The second kappa shape index (κ2) is 11.1. The Bertz CT molecular complexity index is 1780. The van der Waals surface area contributed by atoms with Crippen molar-refractivity contribution in [3.8, 4) is 28.3 Å². The molecule has 0 aliphatic heterocycles. The van der Waals surface area contributed by atoms with E-state index in [0.29, 0.717) is 16.9 Å². The predicted octanol–water partition coefficient (Wildman–Crippen LogP) is 5.15. The number of pyridine rings is 2. The highest BCUT2D eigenvalue weighted by atomic mass is 19.1. The molecular formula is C29H22F2N6O3. The number of nitrogens with one attached hydrogen (secondary N) is 2. The van der Waals surface area contributed by atoms with Crippen LogP contribution in [0.1, 0.15) is 16.1 Å². The van der Waals surface area contributed by atoms with Crippen molar-refractivity contribution in [3.63, 3.8) is 0 Å². The number of aromatic nitrogens is 4. The van der Waals surface area contributed by atoms with Gasteiger partial charge in [0.2, 0.25) is 0 Å². The van der Waals surface area contributed by atoms with Gasteiger partial charge in [0, 0.05) is 66.8 Å². The third-order valence-electron chi connectivity index (χ3n) is 5.97. The van der Waals surface area contributed by atoms with E-state index in [0.717, 1.165) is 11.6 Å². The summed E-state index contributed by atoms with van der Waals surface area (Å²) in [6, 6.07) is 13.7. The van der Waals surface area contributed by atoms with Gasteiger partial charge < -0.3 is 15.5 Å². The maximum Gasteiger partial charge on any atom is 0.267 e. The molecule has 0 unspecified atom stereocenters. The first-order valence-electron chi connectivity index (χ1n) is 12.1. The molecule has 11 heteroatoms. The summed E-state index contributed by atoms with van der Waals surface area (Å²) in [6.45, 7) is 0. The minimum Gasteiger partial charge on any atom is -0.452 e. The fourth-order valence-corrected chi connectivity index (χ4v) is 3.99. The van der Waals surface area contributed by atoms with Crippen molar-refractivity contribution in [2.45, 2.75) is 6.42 Å². The summed E-state index contributed by atoms with van der Waals surface area (Å²) in [5, 5.41) is 14.1. The van der Waals surface area contributed by atoms with Gasteiger partial charge in [0.15, 0.2) is 11.6 Å². The average molecular weight is 541 g/mol. The third-order valence-corrected chi connectivity index (χ3v) is 5.97. The van der Waals surface area contributed by atoms with Crippen LogP contribution < -0.4 is 15.6 Å². The van der Waals surface area contributed by atoms with E-state index in [1.54, 1.807) is 36.4 Å². The van der Waals surface area contributed by atoms with Crippen molar-refractivity contribution in [2.75, 3.05) is 5.32 Å². The lowest BCUT2D eigenvalue weighted by Gasteiger charge is -2.13. The zero-order valence-electron chi connectivity index (χ0n) is 21.1. The molecule has 3 heterocycles. The van der Waals surface area contributed by atoms with Gasteiger partial charge in [0.05, 0.1) is 11.9 Å². The Kier molecular flexibility index (Phi) is 7.27. The standard InChI is InChI=1S/C29H22F2N6O3/c1-36-17-19(16-34-36)18-13-27(25(10-11-32)33-15-18)40-26-9-6-21(14-24(26)31)35-28(38)23-3-2-12-37(29(23)39)22-7-4-20(30)5-8-22/h2-9,11-17,32H,10H2,1H3,(H,35,38). The molecule has 1 amide bonds. The molecule has 2 aromatic carbocycles. The fraction of sp³-hybridized carbons (Fsp3) is 0.0690. The maximum atomic E-state index is 15.1. The first-order valence-corrected chi connectivity index (χ1v) is 12.1. The number of halogens is 2. The van der Waals surface area contributed by atoms with E-state index in [2.05, 4.69) is 15.4 Å². The Hall–Kier alpha value is -5.45. The quantitative estimate of drug-likeness (QED) is 0.264. The van der Waals surface area contributed by atoms with Crippen molar-refractivity contribution in [1.29, 1.82) is 5.41 Å². The molecule has 2 N–H and O–H groups in total. The minimum absolute atomic E-state index is 0.105. The minimum atomic E-state index is -0.762. The molecule has 3 aromatic heterocycles. The van der Waals surface area contributed by atoms with Crippen molar-refractivity contribution >= 4 is 17.8 Å². The van der Waals surface area contributed by atoms with Gasteiger partial charge in [0.1, 0.15) is 17.1 Å². The Balaban J connectivity index is 1.37. The zero-order chi connectivity index (χ0) is 28.2. The molecule has 0 saturated heterocycles. The topological polar surface area (TPSA) is 115 Å². The first-order chi connectivity index (χ1) is 19.3. The molecule has 0 saturated carbocycles. The Morgan fingerprint density at radius 1 is 1.05 bits per heavy atom. The van der Waals surface area contributed by atoms with Crippen LogP contribution in [0.5, 0.6) is 11.5 Å². The van der Waals surface area contributed by atoms with Crippen LogP contribution in [-0.2, 0) is 13.5 Å². The van der Waals surface area contributed by atoms with E-state index in [-0.39, 0.29) is 29.2 Å². The number of nitrogens with zero attached hydrogens (tertiary/aromatic N) is 4. The van der Waals surface area contributed by atoms with Crippen LogP contribution in [0.15, 0.2) is 90.2 Å². The number of carbonyl (C=O) groups excluding carboxylic acids is 1. The lowest BCUT2D eigenvalue weighted by molar-refractivity contribution is 0.102. The molecule has 0 fully saturated rings. The number of anilines is 1. The molecule has 40 heavy (non-hydrogen) atoms. The van der Waals surface area contributed by atoms with Crippen molar-refractivity contribution in [2.24, 2.45) is 7.05 Å². The lowest BCUT2D eigenvalue weighted by atomic mass is 10.1. The second-order valence-corrected chi connectivity index (χ2v) is 8.75. The van der Waals surface area contributed by atoms with Crippen LogP contribution in [0.4, 0.5) is 14.5 Å². The summed E-state index contributed by atoms with van der Waals surface area (Å²) >= 11 is 0. The molecule has 0 aliphatic rings. The number of hydrogen-bond donors (Lipinski definition) is 2. The van der Waals surface area contributed by atoms with Crippen LogP contribution in [-0.4, -0.2) is 31.5 Å². The number of hydrogen-bond acceptors (Lipinski definition) is 6. The van der Waals surface area contributed by atoms with E-state index < -0.39 is 23.1 Å². The van der Waals surface area contributed by atoms with Crippen LogP contribution in [0.3, 0.4) is 0 Å². The third kappa shape index (κ3) is 5.53. The summed E-state index contributed by atoms with van der Waals surface area (Å²) < 4.78 is 37.0. The molecule has 5 rings (SSSR count). The second-order valence-electron chi connectivity index (χ2n) is 8.75. The molecule has 5 aromatic rings. The smallest absolute Gasteiger partial charge is 0.267 e. The SMILES string of the molecule is Cn1cc(-c2cnc(CC=N)c(Oc3ccc(NC(=O)c4cccn(-c5ccc(F)cc5)c4=O)cc3F)c2)cn1. The molecule has 0 atom stereocenters. The van der Waals surface area contributed by atoms with Gasteiger partial charge >= 0.3 is 0 Å². The zero-order valence-corrected chi connectivity index (χ0v) is 21.1. The molecule has 0 bridgehead atoms. The van der Waals surface area contributed by atoms with E-state index in [1.807, 2.05) is 0 Å². The van der Waals surface area contributed by atoms with E-state index in [1.165, 1.54) is 65.5 Å². The van der Waals surface area contributed by atoms with Crippen LogP contribution in [0.2, 0.25) is 0 Å². The van der Waals surface area contributed by atoms with Gasteiger partial charge in [-0.1, -0.05) is 0 Å². The number of rotatable bonds is 8. The van der Waals surface area contributed by atoms with Gasteiger partial charge in [-0.3, -0.25) is 23.8 Å². The van der Waals surface area contributed by atoms with Gasteiger partial charge in [-0.25, -0.2) is 8.78 Å². The number of amides is 1. The molecule has 0 aliphatic carbocycles. The number of aryl methyl sites for hydroxylation is 1. The highest BCUT2D eigenvalue weighted by molar-refractivity contribution is 6.04. The lowest BCUT2D eigenvalue weighted by Crippen LogP contribution is -2.27. The van der Waals surface area contributed by atoms with Crippen LogP contribution >= 0.6 is 0 Å². The molecular weight excluding hydrogens is 518 g/mol. The highest BCUT2D eigenvalue weighted by Crippen LogP contribution is 2.32. The van der Waals surface area contributed by atoms with Gasteiger partial charge in [0.25, 0.3) is 11.5 Å². The number of benzene rings is 2. The first kappa shape index (κ1) is 26.2. The van der Waals surface area contributed by atoms with Gasteiger partial charge in [-0.05, 0) is 54.6 Å². The van der Waals surface area contributed by atoms with Crippen molar-refractivity contribution in [3.05, 3.63) is 119 Å². The van der Waals surface area contributed by atoms with Crippen LogP contribution in [0, 0.1) is 17.0 Å². The number of ether oxygens (including phenoxy) is 1. The van der Waals surface area contributed by atoms with Gasteiger partial charge in [-0.2, -0.15) is 5.10 Å². The Labute approximate surface area is 226 Å². The number of carbonyl (C=O) groups is 1. The Morgan fingerprint density at radius 3 is 2.55 bits per heavy atom. The molecule has 0 radical (unpaired) electrons. The van der Waals surface area contributed by atoms with E-state index in [9.17, 15) is 14.0 Å². The summed E-state index contributed by atoms with van der Waals surface area (Å²) in [5.41, 5.74) is 1.63. The summed E-state index contributed by atoms with van der Waals surface area (Å²) in [5.74, 6) is -1.80. The van der Waals surface area contributed by atoms with Crippen LogP contribution in [0.25, 0.3) is 16.8 Å². The molecule has 200 valence electrons. The highest BCUT2D eigenvalue weighted by Gasteiger charge is 2.16. The Morgan fingerprint density at radius 2 is 1.85 bits per heavy atom. The fourth-order valence-electron chi connectivity index (χ4n) is 3.99. The predicted molar refractivity (Wildman–Crippen MR) is 145 cm³/mol. The molecule has 0 spiro atoms. The normalized spacial score (nSPS) is 10.8. The summed E-state index contributed by atoms with van der Waals surface area (Å²) in [4.78, 5) is 30.2. The summed E-state index contributed by atoms with van der Waals surface area (Å²) in [6.07, 6.45) is 7.91. The molecule has 9 nitrogen and oxygen atoms in total. The van der Waals surface area contributed by atoms with E-state index >= 15 is 4.39 Å². The van der Waals surface area contributed by atoms with Crippen molar-refractivity contribution in [1.82, 2.24) is 19.3 Å². The largest absolute Gasteiger partial charge is 0.452 e. The monoisotopic (exact) mass is 540 g/mol. The maximum absolute atomic E-state index is 15.1.